The van der Waals surface area contributed by atoms with Gasteiger partial charge in [-0.15, -0.1) is 0 Å². The van der Waals surface area contributed by atoms with Crippen LogP contribution in [0.25, 0.3) is 0 Å². The molecule has 0 heterocycles. The molecule has 0 aliphatic heterocycles. The zero-order chi connectivity index (χ0) is 14.8. The molecule has 1 aliphatic rings. The van der Waals surface area contributed by atoms with Crippen molar-refractivity contribution < 1.29 is 10.2 Å². The molecule has 0 unspecified atom stereocenters. The van der Waals surface area contributed by atoms with E-state index < -0.39 is 5.60 Å². The first kappa shape index (κ1) is 17.9. The van der Waals surface area contributed by atoms with Crippen LogP contribution in [-0.4, -0.2) is 21.4 Å². The van der Waals surface area contributed by atoms with Crippen molar-refractivity contribution in [3.05, 3.63) is 0 Å². The molecule has 1 saturated carbocycles. The van der Waals surface area contributed by atoms with Gasteiger partial charge in [0.15, 0.2) is 0 Å². The van der Waals surface area contributed by atoms with Crippen LogP contribution in [0.3, 0.4) is 0 Å². The van der Waals surface area contributed by atoms with E-state index in [-0.39, 0.29) is 11.0 Å². The van der Waals surface area contributed by atoms with E-state index in [1.54, 1.807) is 0 Å². The van der Waals surface area contributed by atoms with Crippen LogP contribution in [0.4, 0.5) is 0 Å². The van der Waals surface area contributed by atoms with Gasteiger partial charge in [-0.1, -0.05) is 41.5 Å². The minimum absolute atomic E-state index is 0.234. The lowest BCUT2D eigenvalue weighted by Gasteiger charge is -2.27. The Morgan fingerprint density at radius 2 is 1.22 bits per heavy atom. The van der Waals surface area contributed by atoms with Crippen LogP contribution in [-0.2, 0) is 0 Å². The second kappa shape index (κ2) is 5.50. The molecule has 2 heteroatoms. The standard InChI is InChI=1S/C8H16O.C8H18O/c1-7(2,3)6-8(9)4-5-8;1-7(2,3)6-8(4,5)9/h9H,4-6H2,1-3H3;9H,6H2,1-5H3. The first-order valence-electron chi connectivity index (χ1n) is 7.07. The van der Waals surface area contributed by atoms with Gasteiger partial charge < -0.3 is 10.2 Å². The second-order valence-corrected chi connectivity index (χ2v) is 9.01. The fraction of sp³-hybridized carbons (Fsp3) is 1.00. The molecule has 110 valence electrons. The first-order chi connectivity index (χ1) is 7.62. The average Bonchev–Trinajstić information content (AvgIpc) is 2.54. The first-order valence-corrected chi connectivity index (χ1v) is 7.07. The van der Waals surface area contributed by atoms with Crippen molar-refractivity contribution in [1.82, 2.24) is 0 Å². The minimum Gasteiger partial charge on any atom is -0.390 e. The third-order valence-corrected chi connectivity index (χ3v) is 2.65. The second-order valence-electron chi connectivity index (χ2n) is 9.01. The SMILES string of the molecule is CC(C)(C)CC(C)(C)O.CC(C)(C)CC1(O)CC1. The molecule has 18 heavy (non-hydrogen) atoms. The van der Waals surface area contributed by atoms with E-state index in [9.17, 15) is 10.2 Å². The molecule has 1 rings (SSSR count). The van der Waals surface area contributed by atoms with Crippen molar-refractivity contribution >= 4 is 0 Å². The zero-order valence-electron chi connectivity index (χ0n) is 13.7. The van der Waals surface area contributed by atoms with Crippen molar-refractivity contribution in [2.45, 2.75) is 92.3 Å². The molecule has 0 aromatic carbocycles. The van der Waals surface area contributed by atoms with Gasteiger partial charge in [-0.05, 0) is 50.4 Å². The third kappa shape index (κ3) is 12.4. The van der Waals surface area contributed by atoms with Gasteiger partial charge in [-0.2, -0.15) is 0 Å². The molecule has 0 aromatic heterocycles. The number of aliphatic hydroxyl groups is 2. The van der Waals surface area contributed by atoms with E-state index in [1.807, 2.05) is 13.8 Å². The van der Waals surface area contributed by atoms with Gasteiger partial charge in [-0.3, -0.25) is 0 Å². The van der Waals surface area contributed by atoms with Crippen LogP contribution in [0.15, 0.2) is 0 Å². The summed E-state index contributed by atoms with van der Waals surface area (Å²) >= 11 is 0. The smallest absolute Gasteiger partial charge is 0.0655 e. The number of rotatable bonds is 2. The highest BCUT2D eigenvalue weighted by Gasteiger charge is 2.42. The Morgan fingerprint density at radius 3 is 1.28 bits per heavy atom. The number of hydrogen-bond donors (Lipinski definition) is 2. The van der Waals surface area contributed by atoms with Gasteiger partial charge in [0.1, 0.15) is 0 Å². The quantitative estimate of drug-likeness (QED) is 0.781. The Morgan fingerprint density at radius 1 is 0.833 bits per heavy atom. The molecule has 2 nitrogen and oxygen atoms in total. The summed E-state index contributed by atoms with van der Waals surface area (Å²) in [6.07, 6.45) is 3.84. The molecular weight excluding hydrogens is 224 g/mol. The molecular formula is C16H34O2. The lowest BCUT2D eigenvalue weighted by molar-refractivity contribution is 0.0371. The fourth-order valence-corrected chi connectivity index (χ4v) is 2.61. The highest BCUT2D eigenvalue weighted by molar-refractivity contribution is 4.95. The monoisotopic (exact) mass is 258 g/mol. The maximum absolute atomic E-state index is 9.46. The Labute approximate surface area is 114 Å². The highest BCUT2D eigenvalue weighted by Crippen LogP contribution is 2.44. The van der Waals surface area contributed by atoms with Gasteiger partial charge in [0, 0.05) is 0 Å². The van der Waals surface area contributed by atoms with Gasteiger partial charge in [0.05, 0.1) is 11.2 Å². The van der Waals surface area contributed by atoms with E-state index >= 15 is 0 Å². The zero-order valence-corrected chi connectivity index (χ0v) is 13.7. The predicted octanol–water partition coefficient (Wildman–Crippen LogP) is 4.14. The Kier molecular flexibility index (Phi) is 5.48. The lowest BCUT2D eigenvalue weighted by atomic mass is 9.84. The average molecular weight is 258 g/mol. The van der Waals surface area contributed by atoms with Crippen molar-refractivity contribution in [2.75, 3.05) is 0 Å². The maximum atomic E-state index is 9.46. The molecule has 0 radical (unpaired) electrons. The summed E-state index contributed by atoms with van der Waals surface area (Å²) in [4.78, 5) is 0. The summed E-state index contributed by atoms with van der Waals surface area (Å²) < 4.78 is 0. The van der Waals surface area contributed by atoms with E-state index in [1.165, 1.54) is 0 Å². The molecule has 0 spiro atoms. The highest BCUT2D eigenvalue weighted by atomic mass is 16.3. The van der Waals surface area contributed by atoms with E-state index in [0.29, 0.717) is 5.41 Å². The minimum atomic E-state index is -0.516. The summed E-state index contributed by atoms with van der Waals surface area (Å²) in [6.45, 7) is 16.6. The van der Waals surface area contributed by atoms with E-state index in [2.05, 4.69) is 41.5 Å². The predicted molar refractivity (Wildman–Crippen MR) is 78.6 cm³/mol. The largest absolute Gasteiger partial charge is 0.390 e. The Balaban J connectivity index is 0.000000321. The van der Waals surface area contributed by atoms with Gasteiger partial charge >= 0.3 is 0 Å². The summed E-state index contributed by atoms with van der Waals surface area (Å²) in [7, 11) is 0. The molecule has 0 saturated heterocycles. The van der Waals surface area contributed by atoms with Gasteiger partial charge in [0.25, 0.3) is 0 Å². The molecule has 0 aromatic rings. The van der Waals surface area contributed by atoms with Crippen LogP contribution < -0.4 is 0 Å². The molecule has 1 fully saturated rings. The van der Waals surface area contributed by atoms with E-state index in [4.69, 9.17) is 0 Å². The summed E-state index contributed by atoms with van der Waals surface area (Å²) in [6, 6.07) is 0. The molecule has 0 amide bonds. The Bertz CT molecular complexity index is 209. The van der Waals surface area contributed by atoms with Crippen molar-refractivity contribution in [1.29, 1.82) is 0 Å². The molecule has 1 aliphatic carbocycles. The normalized spacial score (nSPS) is 19.0. The third-order valence-electron chi connectivity index (χ3n) is 2.65. The molecule has 0 bridgehead atoms. The summed E-state index contributed by atoms with van der Waals surface area (Å²) in [5.74, 6) is 0. The van der Waals surface area contributed by atoms with Gasteiger partial charge in [-0.25, -0.2) is 0 Å². The topological polar surface area (TPSA) is 40.5 Å². The van der Waals surface area contributed by atoms with Crippen LogP contribution in [0.1, 0.15) is 81.1 Å². The summed E-state index contributed by atoms with van der Waals surface area (Å²) in [5.41, 5.74) is -0.250. The van der Waals surface area contributed by atoms with Crippen LogP contribution in [0.2, 0.25) is 0 Å². The molecule has 2 N–H and O–H groups in total. The van der Waals surface area contributed by atoms with Gasteiger partial charge in [0.2, 0.25) is 0 Å². The van der Waals surface area contributed by atoms with Crippen molar-refractivity contribution in [3.63, 3.8) is 0 Å². The lowest BCUT2D eigenvalue weighted by Crippen LogP contribution is -2.25. The molecule has 0 atom stereocenters. The summed E-state index contributed by atoms with van der Waals surface area (Å²) in [5, 5.41) is 18.8. The van der Waals surface area contributed by atoms with Crippen LogP contribution in [0, 0.1) is 10.8 Å². The van der Waals surface area contributed by atoms with Crippen LogP contribution >= 0.6 is 0 Å². The maximum Gasteiger partial charge on any atom is 0.0655 e. The fourth-order valence-electron chi connectivity index (χ4n) is 2.61. The van der Waals surface area contributed by atoms with E-state index in [0.717, 1.165) is 25.7 Å². The Hall–Kier alpha value is -0.0800. The number of hydrogen-bond acceptors (Lipinski definition) is 2. The van der Waals surface area contributed by atoms with Crippen molar-refractivity contribution in [2.24, 2.45) is 10.8 Å². The van der Waals surface area contributed by atoms with Crippen LogP contribution in [0.5, 0.6) is 0 Å². The van der Waals surface area contributed by atoms with Crippen molar-refractivity contribution in [3.8, 4) is 0 Å².